The molecule has 21 heavy (non-hydrogen) atoms. The van der Waals surface area contributed by atoms with Crippen LogP contribution in [-0.4, -0.2) is 36.4 Å². The molecule has 1 aromatic rings. The summed E-state index contributed by atoms with van der Waals surface area (Å²) in [5.74, 6) is -1.88. The summed E-state index contributed by atoms with van der Waals surface area (Å²) in [5.41, 5.74) is 1.48. The highest BCUT2D eigenvalue weighted by atomic mass is 16.5. The van der Waals surface area contributed by atoms with Crippen molar-refractivity contribution in [3.8, 4) is 0 Å². The number of nitrogens with zero attached hydrogens (tertiary/aromatic N) is 1. The summed E-state index contributed by atoms with van der Waals surface area (Å²) in [6, 6.07) is 7.03. The van der Waals surface area contributed by atoms with Gasteiger partial charge in [0.1, 0.15) is 0 Å². The molecule has 2 atom stereocenters. The van der Waals surface area contributed by atoms with Gasteiger partial charge in [-0.3, -0.25) is 9.59 Å². The second-order valence-corrected chi connectivity index (χ2v) is 4.95. The summed E-state index contributed by atoms with van der Waals surface area (Å²) in [4.78, 5) is 25.6. The smallest absolute Gasteiger partial charge is 0.309 e. The number of amides is 1. The highest BCUT2D eigenvalue weighted by molar-refractivity contribution is 5.94. The third kappa shape index (κ3) is 3.84. The largest absolute Gasteiger partial charge is 0.466 e. The Kier molecular flexibility index (Phi) is 4.07. The van der Waals surface area contributed by atoms with Gasteiger partial charge < -0.3 is 9.64 Å². The maximum Gasteiger partial charge on any atom is 0.309 e. The Labute approximate surface area is 130 Å². The Morgan fingerprint density at radius 3 is 2.67 bits per heavy atom. The van der Waals surface area contributed by atoms with Gasteiger partial charge in [-0.25, -0.2) is 0 Å². The molecule has 0 bridgehead atoms. The average Bonchev–Trinajstić information content (AvgIpc) is 2.57. The topological polar surface area (TPSA) is 46.6 Å². The van der Waals surface area contributed by atoms with Crippen molar-refractivity contribution in [2.45, 2.75) is 33.1 Å². The number of esters is 1. The Bertz CT molecular complexity index is 604. The number of hydrogen-bond acceptors (Lipinski definition) is 3. The maximum atomic E-state index is 12.6. The van der Waals surface area contributed by atoms with E-state index in [9.17, 15) is 9.59 Å². The molecule has 1 aliphatic rings. The quantitative estimate of drug-likeness (QED) is 0.802. The molecule has 114 valence electrons. The molecule has 4 heteroatoms. The van der Waals surface area contributed by atoms with Gasteiger partial charge in [0.25, 0.3) is 5.91 Å². The number of aryl methyl sites for hydroxylation is 1. The Morgan fingerprint density at radius 2 is 2.05 bits per heavy atom. The van der Waals surface area contributed by atoms with Crippen molar-refractivity contribution < 1.29 is 18.4 Å². The second-order valence-electron chi connectivity index (χ2n) is 4.95. The zero-order chi connectivity index (χ0) is 17.9. The predicted octanol–water partition coefficient (Wildman–Crippen LogP) is 2.66. The minimum absolute atomic E-state index is 0.0836. The molecule has 0 radical (unpaired) electrons. The molecule has 0 N–H and O–H groups in total. The van der Waals surface area contributed by atoms with Crippen LogP contribution in [0.5, 0.6) is 0 Å². The molecular weight excluding hydrogens is 266 g/mol. The van der Waals surface area contributed by atoms with Crippen LogP contribution in [-0.2, 0) is 16.0 Å². The molecule has 2 rings (SSSR count). The fraction of sp³-hybridized carbons (Fsp3) is 0.529. The van der Waals surface area contributed by atoms with Gasteiger partial charge in [0.2, 0.25) is 0 Å². The summed E-state index contributed by atoms with van der Waals surface area (Å²) in [5, 5.41) is 0. The van der Waals surface area contributed by atoms with Crippen molar-refractivity contribution in [2.75, 3.05) is 19.6 Å². The first kappa shape index (κ1) is 11.8. The minimum Gasteiger partial charge on any atom is -0.466 e. The summed E-state index contributed by atoms with van der Waals surface area (Å²) in [6.07, 6.45) is -0.287. The number of carbonyl (C=O) groups is 2. The summed E-state index contributed by atoms with van der Waals surface area (Å²) >= 11 is 0. The highest BCUT2D eigenvalue weighted by Crippen LogP contribution is 2.20. The molecule has 0 aliphatic carbocycles. The van der Waals surface area contributed by atoms with E-state index in [0.29, 0.717) is 5.56 Å². The molecule has 1 fully saturated rings. The van der Waals surface area contributed by atoms with Crippen molar-refractivity contribution in [3.63, 3.8) is 0 Å². The minimum atomic E-state index is -2.23. The average molecular weight is 292 g/mol. The van der Waals surface area contributed by atoms with Crippen LogP contribution in [0.25, 0.3) is 0 Å². The van der Waals surface area contributed by atoms with Gasteiger partial charge in [-0.15, -0.1) is 0 Å². The number of piperidine rings is 1. The van der Waals surface area contributed by atoms with Crippen molar-refractivity contribution >= 4 is 11.9 Å². The normalized spacial score (nSPS) is 26.4. The zero-order valence-electron chi connectivity index (χ0n) is 15.5. The van der Waals surface area contributed by atoms with E-state index in [-0.39, 0.29) is 19.6 Å². The van der Waals surface area contributed by atoms with Gasteiger partial charge >= 0.3 is 5.97 Å². The monoisotopic (exact) mass is 292 g/mol. The van der Waals surface area contributed by atoms with Gasteiger partial charge in [-0.2, -0.15) is 0 Å². The predicted molar refractivity (Wildman–Crippen MR) is 81.1 cm³/mol. The zero-order valence-corrected chi connectivity index (χ0v) is 12.5. The fourth-order valence-electron chi connectivity index (χ4n) is 2.23. The molecule has 2 unspecified atom stereocenters. The molecule has 1 aromatic carbocycles. The standard InChI is InChI=1S/C17H23NO3/c1-3-13-5-7-14(8-6-13)16(19)18-11-9-15(10-12-18)17(20)21-4-2/h5-8,15H,3-4,9-12H2,1-2H3/i9D,11D2. The van der Waals surface area contributed by atoms with Crippen LogP contribution in [0, 0.1) is 5.92 Å². The summed E-state index contributed by atoms with van der Waals surface area (Å²) < 4.78 is 29.4. The molecule has 1 aliphatic heterocycles. The molecular formula is C17H23NO3. The lowest BCUT2D eigenvalue weighted by atomic mass is 9.96. The molecule has 4 nitrogen and oxygen atoms in total. The number of benzene rings is 1. The molecule has 1 heterocycles. The summed E-state index contributed by atoms with van der Waals surface area (Å²) in [6.45, 7) is 1.73. The van der Waals surface area contributed by atoms with Gasteiger partial charge in [0.05, 0.1) is 12.5 Å². The number of ether oxygens (including phenoxy) is 1. The first-order valence-corrected chi connectivity index (χ1v) is 7.32. The van der Waals surface area contributed by atoms with Crippen LogP contribution < -0.4 is 0 Å². The first-order chi connectivity index (χ1) is 11.3. The van der Waals surface area contributed by atoms with Crippen LogP contribution in [0.15, 0.2) is 24.3 Å². The van der Waals surface area contributed by atoms with E-state index in [0.717, 1.165) is 16.9 Å². The second kappa shape index (κ2) is 7.25. The van der Waals surface area contributed by atoms with E-state index in [1.54, 1.807) is 19.1 Å². The number of rotatable bonds is 4. The van der Waals surface area contributed by atoms with E-state index in [1.807, 2.05) is 19.1 Å². The van der Waals surface area contributed by atoms with Crippen molar-refractivity contribution in [1.82, 2.24) is 4.90 Å². The Balaban J connectivity index is 2.19. The Hall–Kier alpha value is -1.84. The van der Waals surface area contributed by atoms with Crippen LogP contribution in [0.2, 0.25) is 0 Å². The highest BCUT2D eigenvalue weighted by Gasteiger charge is 2.28. The van der Waals surface area contributed by atoms with Crippen LogP contribution in [0.1, 0.15) is 46.7 Å². The van der Waals surface area contributed by atoms with Gasteiger partial charge in [0.15, 0.2) is 0 Å². The number of hydrogen-bond donors (Lipinski definition) is 0. The van der Waals surface area contributed by atoms with Crippen molar-refractivity contribution in [1.29, 1.82) is 0 Å². The lowest BCUT2D eigenvalue weighted by Crippen LogP contribution is -2.40. The third-order valence-corrected chi connectivity index (χ3v) is 3.54. The van der Waals surface area contributed by atoms with Gasteiger partial charge in [-0.05, 0) is 43.9 Å². The summed E-state index contributed by atoms with van der Waals surface area (Å²) in [7, 11) is 0. The van der Waals surface area contributed by atoms with E-state index in [4.69, 9.17) is 8.85 Å². The fourth-order valence-corrected chi connectivity index (χ4v) is 2.23. The lowest BCUT2D eigenvalue weighted by Gasteiger charge is -2.31. The van der Waals surface area contributed by atoms with E-state index in [1.165, 1.54) is 0 Å². The van der Waals surface area contributed by atoms with Crippen LogP contribution in [0.3, 0.4) is 0 Å². The van der Waals surface area contributed by atoms with Crippen LogP contribution in [0.4, 0.5) is 0 Å². The van der Waals surface area contributed by atoms with Crippen LogP contribution >= 0.6 is 0 Å². The van der Waals surface area contributed by atoms with Gasteiger partial charge in [-0.1, -0.05) is 19.1 Å². The van der Waals surface area contributed by atoms with E-state index >= 15 is 0 Å². The van der Waals surface area contributed by atoms with Gasteiger partial charge in [0, 0.05) is 22.7 Å². The first-order valence-electron chi connectivity index (χ1n) is 8.90. The van der Waals surface area contributed by atoms with Crippen molar-refractivity contribution in [3.05, 3.63) is 35.4 Å². The SMILES string of the molecule is [2H]C1C(C(=O)OCC)CCN(C(=O)c2ccc(CC)cc2)C1([2H])[2H]. The van der Waals surface area contributed by atoms with E-state index in [2.05, 4.69) is 0 Å². The van der Waals surface area contributed by atoms with E-state index < -0.39 is 30.7 Å². The molecule has 0 spiro atoms. The molecule has 0 saturated carbocycles. The number of likely N-dealkylation sites (tertiary alicyclic amines) is 1. The number of carbonyl (C=O) groups excluding carboxylic acids is 2. The third-order valence-electron chi connectivity index (χ3n) is 3.54. The lowest BCUT2D eigenvalue weighted by molar-refractivity contribution is -0.149. The maximum absolute atomic E-state index is 12.6. The molecule has 0 aromatic heterocycles. The van der Waals surface area contributed by atoms with Crippen molar-refractivity contribution in [2.24, 2.45) is 5.92 Å². The molecule has 1 amide bonds. The molecule has 1 saturated heterocycles. The Morgan fingerprint density at radius 1 is 1.33 bits per heavy atom.